The third-order valence-electron chi connectivity index (χ3n) is 4.32. The molecule has 1 aliphatic carbocycles. The Morgan fingerprint density at radius 3 is 2.31 bits per heavy atom. The number of anilines is 1. The van der Waals surface area contributed by atoms with Gasteiger partial charge in [0, 0.05) is 17.6 Å². The molecular weight excluding hydrogens is 409 g/mol. The number of nitrogens with one attached hydrogen (secondary N) is 2. The van der Waals surface area contributed by atoms with Crippen LogP contribution in [-0.2, 0) is 14.8 Å². The number of para-hydroxylation sites is 1. The van der Waals surface area contributed by atoms with Crippen LogP contribution in [-0.4, -0.2) is 20.7 Å². The van der Waals surface area contributed by atoms with Gasteiger partial charge in [0.05, 0.1) is 0 Å². The number of carbonyl (C=O) groups excluding carboxylic acids is 1. The van der Waals surface area contributed by atoms with Crippen LogP contribution in [0.4, 0.5) is 18.9 Å². The van der Waals surface area contributed by atoms with Crippen molar-refractivity contribution in [2.45, 2.75) is 37.1 Å². The van der Waals surface area contributed by atoms with Gasteiger partial charge in [-0.1, -0.05) is 24.3 Å². The first kappa shape index (κ1) is 21.1. The number of halogens is 3. The van der Waals surface area contributed by atoms with Gasteiger partial charge in [-0.3, -0.25) is 4.79 Å². The molecule has 0 spiro atoms. The van der Waals surface area contributed by atoms with Gasteiger partial charge in [0.1, 0.15) is 10.6 Å². The molecule has 0 bridgehead atoms. The third-order valence-corrected chi connectivity index (χ3v) is 5.90. The Kier molecular flexibility index (Phi) is 5.85. The highest BCUT2D eigenvalue weighted by Crippen LogP contribution is 2.31. The third kappa shape index (κ3) is 5.70. The minimum atomic E-state index is -5.02. The minimum absolute atomic E-state index is 0.0484. The Balaban J connectivity index is 1.72. The molecule has 0 saturated heterocycles. The minimum Gasteiger partial charge on any atom is -0.404 e. The van der Waals surface area contributed by atoms with Gasteiger partial charge in [0.25, 0.3) is 0 Å². The van der Waals surface area contributed by atoms with E-state index in [-0.39, 0.29) is 11.8 Å². The monoisotopic (exact) mass is 428 g/mol. The van der Waals surface area contributed by atoms with E-state index < -0.39 is 33.1 Å². The molecule has 29 heavy (non-hydrogen) atoms. The van der Waals surface area contributed by atoms with Gasteiger partial charge in [-0.15, -0.1) is 13.2 Å². The van der Waals surface area contributed by atoms with E-state index in [1.165, 1.54) is 12.1 Å². The molecule has 0 radical (unpaired) electrons. The first-order chi connectivity index (χ1) is 13.5. The number of sulfonamides is 1. The van der Waals surface area contributed by atoms with Crippen LogP contribution in [0, 0.1) is 5.92 Å². The van der Waals surface area contributed by atoms with Crippen LogP contribution in [0.3, 0.4) is 0 Å². The molecular formula is C19H19F3N2O4S. The first-order valence-electron chi connectivity index (χ1n) is 8.83. The maximum Gasteiger partial charge on any atom is 0.573 e. The number of hydrogen-bond donors (Lipinski definition) is 2. The predicted octanol–water partition coefficient (Wildman–Crippen LogP) is 3.97. The van der Waals surface area contributed by atoms with E-state index >= 15 is 0 Å². The summed E-state index contributed by atoms with van der Waals surface area (Å²) in [5.74, 6) is -0.801. The SMILES string of the molecule is CC(NS(=O)(=O)c1ccccc1OC(F)(F)F)c1ccc(NC(=O)C2CC2)cc1. The molecule has 0 aromatic heterocycles. The number of benzene rings is 2. The maximum atomic E-state index is 12.6. The van der Waals surface area contributed by atoms with Crippen LogP contribution < -0.4 is 14.8 Å². The highest BCUT2D eigenvalue weighted by Gasteiger charge is 2.34. The molecule has 0 aliphatic heterocycles. The van der Waals surface area contributed by atoms with Crippen molar-refractivity contribution < 1.29 is 31.1 Å². The van der Waals surface area contributed by atoms with Crippen molar-refractivity contribution in [1.82, 2.24) is 4.72 Å². The van der Waals surface area contributed by atoms with Crippen molar-refractivity contribution >= 4 is 21.6 Å². The van der Waals surface area contributed by atoms with E-state index in [2.05, 4.69) is 14.8 Å². The summed E-state index contributed by atoms with van der Waals surface area (Å²) < 4.78 is 69.0. The van der Waals surface area contributed by atoms with E-state index in [1.54, 1.807) is 31.2 Å². The molecule has 6 nitrogen and oxygen atoms in total. The molecule has 1 fully saturated rings. The van der Waals surface area contributed by atoms with Gasteiger partial charge >= 0.3 is 6.36 Å². The molecule has 1 aliphatic rings. The van der Waals surface area contributed by atoms with E-state index in [4.69, 9.17) is 0 Å². The molecule has 1 saturated carbocycles. The normalized spacial score (nSPS) is 15.6. The van der Waals surface area contributed by atoms with Gasteiger partial charge in [0.15, 0.2) is 0 Å². The first-order valence-corrected chi connectivity index (χ1v) is 10.3. The fraction of sp³-hybridized carbons (Fsp3) is 0.316. The van der Waals surface area contributed by atoms with Gasteiger partial charge in [-0.05, 0) is 49.6 Å². The second-order valence-electron chi connectivity index (χ2n) is 6.72. The van der Waals surface area contributed by atoms with Crippen LogP contribution >= 0.6 is 0 Å². The standard InChI is InChI=1S/C19H19F3N2O4S/c1-12(13-8-10-15(11-9-13)23-18(25)14-6-7-14)24-29(26,27)17-5-3-2-4-16(17)28-19(20,21)22/h2-5,8-12,14,24H,6-7H2,1H3,(H,23,25). The molecule has 2 aromatic rings. The van der Waals surface area contributed by atoms with Crippen molar-refractivity contribution in [2.24, 2.45) is 5.92 Å². The summed E-state index contributed by atoms with van der Waals surface area (Å²) in [7, 11) is -4.29. The summed E-state index contributed by atoms with van der Waals surface area (Å²) in [6.07, 6.45) is -3.26. The summed E-state index contributed by atoms with van der Waals surface area (Å²) in [5.41, 5.74) is 1.16. The zero-order chi connectivity index (χ0) is 21.2. The quantitative estimate of drug-likeness (QED) is 0.699. The van der Waals surface area contributed by atoms with E-state index in [9.17, 15) is 26.4 Å². The molecule has 1 atom stereocenters. The lowest BCUT2D eigenvalue weighted by molar-refractivity contribution is -0.275. The molecule has 3 rings (SSSR count). The van der Waals surface area contributed by atoms with Gasteiger partial charge in [0.2, 0.25) is 15.9 Å². The Bertz CT molecular complexity index is 987. The highest BCUT2D eigenvalue weighted by molar-refractivity contribution is 7.89. The number of carbonyl (C=O) groups is 1. The topological polar surface area (TPSA) is 84.5 Å². The zero-order valence-electron chi connectivity index (χ0n) is 15.4. The lowest BCUT2D eigenvalue weighted by atomic mass is 10.1. The molecule has 156 valence electrons. The molecule has 2 aromatic carbocycles. The summed E-state index contributed by atoms with van der Waals surface area (Å²) in [6, 6.07) is 10.3. The lowest BCUT2D eigenvalue weighted by Gasteiger charge is -2.18. The summed E-state index contributed by atoms with van der Waals surface area (Å²) in [4.78, 5) is 11.2. The Morgan fingerprint density at radius 2 is 1.72 bits per heavy atom. The largest absolute Gasteiger partial charge is 0.573 e. The predicted molar refractivity (Wildman–Crippen MR) is 99.7 cm³/mol. The average molecular weight is 428 g/mol. The van der Waals surface area contributed by atoms with Crippen molar-refractivity contribution in [3.63, 3.8) is 0 Å². The number of hydrogen-bond acceptors (Lipinski definition) is 4. The van der Waals surface area contributed by atoms with Crippen molar-refractivity contribution in [1.29, 1.82) is 0 Å². The molecule has 10 heteroatoms. The Hall–Kier alpha value is -2.59. The van der Waals surface area contributed by atoms with Crippen molar-refractivity contribution in [3.8, 4) is 5.75 Å². The van der Waals surface area contributed by atoms with Crippen LogP contribution in [0.1, 0.15) is 31.4 Å². The fourth-order valence-electron chi connectivity index (χ4n) is 2.69. The summed E-state index contributed by atoms with van der Waals surface area (Å²) >= 11 is 0. The average Bonchev–Trinajstić information content (AvgIpc) is 3.46. The second kappa shape index (κ2) is 8.03. The number of ether oxygens (including phenoxy) is 1. The molecule has 2 N–H and O–H groups in total. The maximum absolute atomic E-state index is 12.6. The second-order valence-corrected chi connectivity index (χ2v) is 8.41. The van der Waals surface area contributed by atoms with Crippen LogP contribution in [0.5, 0.6) is 5.75 Å². The zero-order valence-corrected chi connectivity index (χ0v) is 16.2. The summed E-state index contributed by atoms with van der Waals surface area (Å²) in [6.45, 7) is 1.56. The molecule has 1 unspecified atom stereocenters. The van der Waals surface area contributed by atoms with E-state index in [0.717, 1.165) is 25.0 Å². The van der Waals surface area contributed by atoms with Gasteiger partial charge in [-0.25, -0.2) is 13.1 Å². The molecule has 0 heterocycles. The van der Waals surface area contributed by atoms with Gasteiger partial charge in [-0.2, -0.15) is 0 Å². The van der Waals surface area contributed by atoms with E-state index in [0.29, 0.717) is 11.3 Å². The van der Waals surface area contributed by atoms with Crippen molar-refractivity contribution in [2.75, 3.05) is 5.32 Å². The lowest BCUT2D eigenvalue weighted by Crippen LogP contribution is -2.28. The Labute approximate surface area is 166 Å². The number of rotatable bonds is 7. The smallest absolute Gasteiger partial charge is 0.404 e. The summed E-state index contributed by atoms with van der Waals surface area (Å²) in [5, 5.41) is 2.77. The van der Waals surface area contributed by atoms with Crippen LogP contribution in [0.15, 0.2) is 53.4 Å². The van der Waals surface area contributed by atoms with E-state index in [1.807, 2.05) is 0 Å². The Morgan fingerprint density at radius 1 is 1.10 bits per heavy atom. The van der Waals surface area contributed by atoms with Crippen LogP contribution in [0.25, 0.3) is 0 Å². The van der Waals surface area contributed by atoms with Crippen LogP contribution in [0.2, 0.25) is 0 Å². The molecule has 1 amide bonds. The number of amides is 1. The van der Waals surface area contributed by atoms with Crippen molar-refractivity contribution in [3.05, 3.63) is 54.1 Å². The van der Waals surface area contributed by atoms with Gasteiger partial charge < -0.3 is 10.1 Å². The number of alkyl halides is 3. The highest BCUT2D eigenvalue weighted by atomic mass is 32.2. The fourth-order valence-corrected chi connectivity index (χ4v) is 4.05.